The number of rotatable bonds is 14. The van der Waals surface area contributed by atoms with E-state index in [0.717, 1.165) is 32.1 Å². The molecule has 0 aliphatic rings. The highest BCUT2D eigenvalue weighted by molar-refractivity contribution is 5.66. The van der Waals surface area contributed by atoms with E-state index < -0.39 is 12.1 Å². The van der Waals surface area contributed by atoms with Crippen molar-refractivity contribution in [2.24, 2.45) is 0 Å². The minimum Gasteiger partial charge on any atom is -0.481 e. The molecule has 0 aromatic carbocycles. The summed E-state index contributed by atoms with van der Waals surface area (Å²) in [4.78, 5) is 10.3. The maximum absolute atomic E-state index is 10.3. The first-order chi connectivity index (χ1) is 11.6. The number of carbonyl (C=O) groups is 1. The average Bonchev–Trinajstić information content (AvgIpc) is 2.53. The second-order valence-corrected chi connectivity index (χ2v) is 5.78. The van der Waals surface area contributed by atoms with Crippen molar-refractivity contribution < 1.29 is 20.1 Å². The van der Waals surface area contributed by atoms with Crippen LogP contribution in [0.1, 0.15) is 58.3 Å². The first-order valence-corrected chi connectivity index (χ1v) is 8.80. The molecule has 0 spiro atoms. The number of carboxylic acid groups (broad SMARTS) is 1. The number of aliphatic carboxylic acids is 1. The lowest BCUT2D eigenvalue weighted by molar-refractivity contribution is -0.137. The van der Waals surface area contributed by atoms with Gasteiger partial charge in [-0.3, -0.25) is 4.79 Å². The Morgan fingerprint density at radius 2 is 1.42 bits per heavy atom. The van der Waals surface area contributed by atoms with Crippen LogP contribution < -0.4 is 0 Å². The number of aliphatic hydroxyl groups is 2. The third kappa shape index (κ3) is 16.7. The van der Waals surface area contributed by atoms with Crippen LogP contribution in [0.25, 0.3) is 0 Å². The molecule has 0 saturated heterocycles. The topological polar surface area (TPSA) is 77.8 Å². The molecule has 0 amide bonds. The molecule has 0 rings (SSSR count). The van der Waals surface area contributed by atoms with Gasteiger partial charge in [-0.1, -0.05) is 74.8 Å². The van der Waals surface area contributed by atoms with Gasteiger partial charge < -0.3 is 15.3 Å². The van der Waals surface area contributed by atoms with Gasteiger partial charge in [-0.15, -0.1) is 0 Å². The summed E-state index contributed by atoms with van der Waals surface area (Å²) in [6.45, 7) is 2.15. The molecule has 24 heavy (non-hydrogen) atoms. The Labute approximate surface area is 145 Å². The summed E-state index contributed by atoms with van der Waals surface area (Å²) in [5.74, 6) is -0.833. The van der Waals surface area contributed by atoms with E-state index in [1.807, 2.05) is 36.5 Å². The van der Waals surface area contributed by atoms with Gasteiger partial charge in [0.25, 0.3) is 0 Å². The lowest BCUT2D eigenvalue weighted by atomic mass is 10.1. The largest absolute Gasteiger partial charge is 0.481 e. The van der Waals surface area contributed by atoms with E-state index in [1.165, 1.54) is 0 Å². The minimum atomic E-state index is -0.833. The van der Waals surface area contributed by atoms with Gasteiger partial charge in [0.15, 0.2) is 0 Å². The second kappa shape index (κ2) is 16.2. The maximum Gasteiger partial charge on any atom is 0.303 e. The molecule has 136 valence electrons. The summed E-state index contributed by atoms with van der Waals surface area (Å²) in [5.41, 5.74) is 0. The van der Waals surface area contributed by atoms with Crippen molar-refractivity contribution in [2.45, 2.75) is 70.5 Å². The first kappa shape index (κ1) is 22.4. The zero-order valence-corrected chi connectivity index (χ0v) is 14.7. The van der Waals surface area contributed by atoms with Crippen LogP contribution >= 0.6 is 0 Å². The van der Waals surface area contributed by atoms with E-state index in [4.69, 9.17) is 5.11 Å². The third-order valence-electron chi connectivity index (χ3n) is 3.43. The Balaban J connectivity index is 3.75. The summed E-state index contributed by atoms with van der Waals surface area (Å²) in [5, 5.41) is 27.8. The number of hydrogen-bond acceptors (Lipinski definition) is 3. The van der Waals surface area contributed by atoms with Crippen molar-refractivity contribution in [3.63, 3.8) is 0 Å². The molecule has 0 fully saturated rings. The van der Waals surface area contributed by atoms with Crippen molar-refractivity contribution in [1.29, 1.82) is 0 Å². The zero-order valence-electron chi connectivity index (χ0n) is 14.7. The molecule has 0 saturated carbocycles. The normalized spacial score (nSPS) is 15.1. The van der Waals surface area contributed by atoms with Crippen LogP contribution in [0.4, 0.5) is 0 Å². The molecule has 4 nitrogen and oxygen atoms in total. The van der Waals surface area contributed by atoms with E-state index >= 15 is 0 Å². The molecule has 3 N–H and O–H groups in total. The van der Waals surface area contributed by atoms with Crippen molar-refractivity contribution in [3.8, 4) is 0 Å². The fourth-order valence-electron chi connectivity index (χ4n) is 2.04. The molecule has 0 aromatic heterocycles. The number of unbranched alkanes of at least 4 members (excludes halogenated alkanes) is 2. The number of hydrogen-bond donors (Lipinski definition) is 3. The Morgan fingerprint density at radius 1 is 0.875 bits per heavy atom. The van der Waals surface area contributed by atoms with Crippen LogP contribution in [0.5, 0.6) is 0 Å². The zero-order chi connectivity index (χ0) is 18.0. The predicted octanol–water partition coefficient (Wildman–Crippen LogP) is 4.16. The van der Waals surface area contributed by atoms with Crippen LogP contribution in [0.2, 0.25) is 0 Å². The smallest absolute Gasteiger partial charge is 0.303 e. The van der Waals surface area contributed by atoms with Crippen LogP contribution in [-0.4, -0.2) is 33.5 Å². The number of allylic oxidation sites excluding steroid dienone is 6. The molecule has 0 aliphatic carbocycles. The van der Waals surface area contributed by atoms with Crippen molar-refractivity contribution >= 4 is 5.97 Å². The van der Waals surface area contributed by atoms with Crippen LogP contribution in [-0.2, 0) is 4.79 Å². The van der Waals surface area contributed by atoms with E-state index in [-0.39, 0.29) is 12.5 Å². The van der Waals surface area contributed by atoms with Crippen LogP contribution in [0, 0.1) is 0 Å². The third-order valence-corrected chi connectivity index (χ3v) is 3.43. The van der Waals surface area contributed by atoms with Gasteiger partial charge in [0.05, 0.1) is 12.2 Å². The lowest BCUT2D eigenvalue weighted by Gasteiger charge is -2.02. The summed E-state index contributed by atoms with van der Waals surface area (Å²) < 4.78 is 0. The first-order valence-electron chi connectivity index (χ1n) is 8.80. The molecule has 4 heteroatoms. The Morgan fingerprint density at radius 3 is 1.92 bits per heavy atom. The molecule has 0 bridgehead atoms. The summed E-state index contributed by atoms with van der Waals surface area (Å²) in [6.07, 6.45) is 19.9. The van der Waals surface area contributed by atoms with E-state index in [0.29, 0.717) is 12.8 Å². The summed E-state index contributed by atoms with van der Waals surface area (Å²) in [6, 6.07) is 0. The maximum atomic E-state index is 10.3. The van der Waals surface area contributed by atoms with E-state index in [2.05, 4.69) is 6.92 Å². The van der Waals surface area contributed by atoms with E-state index in [1.54, 1.807) is 12.2 Å². The SMILES string of the molecule is CCCCC[C@@H](O)/C=C/C=C/C/C=C/C=C/[C@@H](O)CCCC(=O)O. The predicted molar refractivity (Wildman–Crippen MR) is 98.8 cm³/mol. The highest BCUT2D eigenvalue weighted by atomic mass is 16.4. The second-order valence-electron chi connectivity index (χ2n) is 5.78. The van der Waals surface area contributed by atoms with Crippen molar-refractivity contribution in [1.82, 2.24) is 0 Å². The van der Waals surface area contributed by atoms with Gasteiger partial charge in [0.1, 0.15) is 0 Å². The standard InChI is InChI=1S/C20H32O4/c1-2-3-9-13-18(21)14-10-7-5-4-6-8-11-15-19(22)16-12-17-20(23)24/h5-8,10-11,14-15,18-19,21-22H,2-4,9,12-13,16-17H2,1H3,(H,23,24)/b7-5+,8-6+,14-10+,15-11+/t18-,19-/m1/s1. The molecule has 0 aliphatic heterocycles. The Kier molecular flexibility index (Phi) is 15.1. The average molecular weight is 336 g/mol. The van der Waals surface area contributed by atoms with Gasteiger partial charge in [-0.05, 0) is 25.7 Å². The van der Waals surface area contributed by atoms with Crippen molar-refractivity contribution in [2.75, 3.05) is 0 Å². The van der Waals surface area contributed by atoms with E-state index in [9.17, 15) is 15.0 Å². The molecular weight excluding hydrogens is 304 g/mol. The van der Waals surface area contributed by atoms with Gasteiger partial charge >= 0.3 is 5.97 Å². The fourth-order valence-corrected chi connectivity index (χ4v) is 2.04. The fraction of sp³-hybridized carbons (Fsp3) is 0.550. The lowest BCUT2D eigenvalue weighted by Crippen LogP contribution is -2.03. The molecular formula is C20H32O4. The summed E-state index contributed by atoms with van der Waals surface area (Å²) in [7, 11) is 0. The number of carboxylic acids is 1. The molecule has 0 radical (unpaired) electrons. The summed E-state index contributed by atoms with van der Waals surface area (Å²) >= 11 is 0. The molecule has 0 unspecified atom stereocenters. The van der Waals surface area contributed by atoms with Gasteiger partial charge in [0, 0.05) is 6.42 Å². The van der Waals surface area contributed by atoms with Crippen LogP contribution in [0.3, 0.4) is 0 Å². The number of aliphatic hydroxyl groups excluding tert-OH is 2. The van der Waals surface area contributed by atoms with Crippen LogP contribution in [0.15, 0.2) is 48.6 Å². The Bertz CT molecular complexity index is 421. The molecule has 0 aromatic rings. The molecule has 0 heterocycles. The van der Waals surface area contributed by atoms with Gasteiger partial charge in [-0.25, -0.2) is 0 Å². The van der Waals surface area contributed by atoms with Gasteiger partial charge in [-0.2, -0.15) is 0 Å². The monoisotopic (exact) mass is 336 g/mol. The quantitative estimate of drug-likeness (QED) is 0.329. The van der Waals surface area contributed by atoms with Crippen molar-refractivity contribution in [3.05, 3.63) is 48.6 Å². The minimum absolute atomic E-state index is 0.0896. The molecule has 2 atom stereocenters. The highest BCUT2D eigenvalue weighted by Gasteiger charge is 2.01. The Hall–Kier alpha value is -1.65. The van der Waals surface area contributed by atoms with Gasteiger partial charge in [0.2, 0.25) is 0 Å². The highest BCUT2D eigenvalue weighted by Crippen LogP contribution is 2.04.